The Balaban J connectivity index is 1.75. The zero-order valence-electron chi connectivity index (χ0n) is 15.2. The minimum Gasteiger partial charge on any atom is -0.281 e. The molecule has 140 valence electrons. The van der Waals surface area contributed by atoms with Gasteiger partial charge in [0.2, 0.25) is 0 Å². The van der Waals surface area contributed by atoms with Crippen LogP contribution < -0.4 is 5.56 Å². The first kappa shape index (κ1) is 18.3. The van der Waals surface area contributed by atoms with Gasteiger partial charge in [-0.05, 0) is 35.7 Å². The Hall–Kier alpha value is -3.06. The molecule has 2 heterocycles. The molecule has 4 aromatic rings. The van der Waals surface area contributed by atoms with Crippen LogP contribution >= 0.6 is 11.8 Å². The fraction of sp³-hybridized carbons (Fsp3) is 0.143. The van der Waals surface area contributed by atoms with E-state index in [1.807, 2.05) is 12.1 Å². The number of aryl methyl sites for hydroxylation is 1. The second-order valence-corrected chi connectivity index (χ2v) is 7.30. The van der Waals surface area contributed by atoms with Gasteiger partial charge >= 0.3 is 0 Å². The second kappa shape index (κ2) is 7.90. The maximum atomic E-state index is 13.2. The van der Waals surface area contributed by atoms with Crippen LogP contribution in [-0.2, 0) is 12.3 Å². The van der Waals surface area contributed by atoms with Crippen molar-refractivity contribution in [3.8, 4) is 0 Å². The number of rotatable bonds is 5. The summed E-state index contributed by atoms with van der Waals surface area (Å²) in [6.45, 7) is 2.34. The largest absolute Gasteiger partial charge is 0.282 e. The lowest BCUT2D eigenvalue weighted by molar-refractivity contribution is 0.622. The van der Waals surface area contributed by atoms with Crippen LogP contribution in [0.3, 0.4) is 0 Å². The summed E-state index contributed by atoms with van der Waals surface area (Å²) in [5, 5.41) is 0.561. The van der Waals surface area contributed by atoms with Gasteiger partial charge in [-0.15, -0.1) is 0 Å². The minimum absolute atomic E-state index is 0.227. The van der Waals surface area contributed by atoms with Gasteiger partial charge < -0.3 is 0 Å². The van der Waals surface area contributed by atoms with Gasteiger partial charge in [-0.2, -0.15) is 0 Å². The average Bonchev–Trinajstić information content (AvgIpc) is 2.71. The van der Waals surface area contributed by atoms with Crippen molar-refractivity contribution in [1.82, 2.24) is 19.5 Å². The fourth-order valence-corrected chi connectivity index (χ4v) is 3.93. The van der Waals surface area contributed by atoms with Crippen molar-refractivity contribution in [1.29, 1.82) is 0 Å². The van der Waals surface area contributed by atoms with Crippen LogP contribution in [0.4, 0.5) is 4.39 Å². The van der Waals surface area contributed by atoms with Crippen molar-refractivity contribution >= 4 is 22.9 Å². The minimum atomic E-state index is -0.312. The molecule has 0 spiro atoms. The van der Waals surface area contributed by atoms with E-state index in [0.717, 1.165) is 5.56 Å². The number of thioether (sulfide) groups is 1. The van der Waals surface area contributed by atoms with E-state index in [1.165, 1.54) is 47.4 Å². The first-order valence-electron chi connectivity index (χ1n) is 8.75. The number of fused-ring (bicyclic) bond motifs is 1. The highest BCUT2D eigenvalue weighted by atomic mass is 32.2. The predicted molar refractivity (Wildman–Crippen MR) is 108 cm³/mol. The highest BCUT2D eigenvalue weighted by Gasteiger charge is 2.14. The molecule has 0 aliphatic carbocycles. The van der Waals surface area contributed by atoms with Gasteiger partial charge in [0.15, 0.2) is 16.3 Å². The molecule has 2 aromatic heterocycles. The lowest BCUT2D eigenvalue weighted by Gasteiger charge is -2.13. The summed E-state index contributed by atoms with van der Waals surface area (Å²) in [7, 11) is 0. The molecule has 0 radical (unpaired) electrons. The zero-order chi connectivity index (χ0) is 19.5. The van der Waals surface area contributed by atoms with Crippen molar-refractivity contribution < 1.29 is 4.39 Å². The molecule has 4 rings (SSSR count). The van der Waals surface area contributed by atoms with Crippen LogP contribution in [-0.4, -0.2) is 19.5 Å². The molecule has 0 atom stereocenters. The number of aromatic nitrogens is 4. The van der Waals surface area contributed by atoms with E-state index in [-0.39, 0.29) is 23.4 Å². The maximum absolute atomic E-state index is 13.2. The number of halogens is 1. The van der Waals surface area contributed by atoms with Gasteiger partial charge in [0.25, 0.3) is 5.56 Å². The van der Waals surface area contributed by atoms with Gasteiger partial charge in [0.1, 0.15) is 5.82 Å². The zero-order valence-corrected chi connectivity index (χ0v) is 16.0. The molecule has 0 N–H and O–H groups in total. The number of hydrogen-bond donors (Lipinski definition) is 0. The van der Waals surface area contributed by atoms with Gasteiger partial charge in [0, 0.05) is 18.1 Å². The van der Waals surface area contributed by atoms with Crippen molar-refractivity contribution in [2.24, 2.45) is 0 Å². The standard InChI is InChI=1S/C21H17FN4OS/c1-14-4-2-3-5-16(14)13-28-21-25-19-18(23-10-11-24-19)20(27)26(21)12-15-6-8-17(22)9-7-15/h2-11H,12-13H2,1H3. The van der Waals surface area contributed by atoms with Crippen LogP contribution in [0, 0.1) is 12.7 Å². The highest BCUT2D eigenvalue weighted by Crippen LogP contribution is 2.23. The SMILES string of the molecule is Cc1ccccc1CSc1nc2nccnc2c(=O)n1Cc1ccc(F)cc1. The lowest BCUT2D eigenvalue weighted by atomic mass is 10.1. The third-order valence-electron chi connectivity index (χ3n) is 4.43. The molecule has 0 saturated heterocycles. The van der Waals surface area contributed by atoms with Crippen LogP contribution in [0.2, 0.25) is 0 Å². The van der Waals surface area contributed by atoms with E-state index in [4.69, 9.17) is 0 Å². The molecule has 0 bridgehead atoms. The van der Waals surface area contributed by atoms with Crippen molar-refractivity contribution in [2.75, 3.05) is 0 Å². The second-order valence-electron chi connectivity index (χ2n) is 6.36. The fourth-order valence-electron chi connectivity index (χ4n) is 2.87. The molecule has 0 unspecified atom stereocenters. The highest BCUT2D eigenvalue weighted by molar-refractivity contribution is 7.98. The summed E-state index contributed by atoms with van der Waals surface area (Å²) in [4.78, 5) is 25.9. The van der Waals surface area contributed by atoms with E-state index in [9.17, 15) is 9.18 Å². The van der Waals surface area contributed by atoms with Gasteiger partial charge in [-0.1, -0.05) is 48.2 Å². The summed E-state index contributed by atoms with van der Waals surface area (Å²) in [6, 6.07) is 14.2. The monoisotopic (exact) mass is 392 g/mol. The normalized spacial score (nSPS) is 11.1. The number of hydrogen-bond acceptors (Lipinski definition) is 5. The molecule has 2 aromatic carbocycles. The van der Waals surface area contributed by atoms with E-state index in [2.05, 4.69) is 34.0 Å². The van der Waals surface area contributed by atoms with Crippen LogP contribution in [0.5, 0.6) is 0 Å². The summed E-state index contributed by atoms with van der Waals surface area (Å²) in [5.74, 6) is 0.363. The van der Waals surface area contributed by atoms with Crippen LogP contribution in [0.25, 0.3) is 11.2 Å². The molecule has 5 nitrogen and oxygen atoms in total. The van der Waals surface area contributed by atoms with E-state index < -0.39 is 0 Å². The van der Waals surface area contributed by atoms with Crippen molar-refractivity contribution in [3.63, 3.8) is 0 Å². The Morgan fingerprint density at radius 2 is 1.79 bits per heavy atom. The smallest absolute Gasteiger partial charge is 0.281 e. The predicted octanol–water partition coefficient (Wildman–Crippen LogP) is 3.97. The van der Waals surface area contributed by atoms with Crippen molar-refractivity contribution in [3.05, 3.63) is 93.8 Å². The Morgan fingerprint density at radius 3 is 2.57 bits per heavy atom. The molecule has 0 saturated carbocycles. The van der Waals surface area contributed by atoms with Crippen LogP contribution in [0.15, 0.2) is 70.9 Å². The number of nitrogens with zero attached hydrogens (tertiary/aromatic N) is 4. The average molecular weight is 392 g/mol. The molecule has 0 aliphatic heterocycles. The third-order valence-corrected chi connectivity index (χ3v) is 5.46. The van der Waals surface area contributed by atoms with E-state index >= 15 is 0 Å². The molecule has 0 fully saturated rings. The van der Waals surface area contributed by atoms with E-state index in [1.54, 1.807) is 16.7 Å². The summed E-state index contributed by atoms with van der Waals surface area (Å²) < 4.78 is 14.8. The Labute approximate surface area is 165 Å². The molecule has 7 heteroatoms. The quantitative estimate of drug-likeness (QED) is 0.380. The molecular weight excluding hydrogens is 375 g/mol. The Bertz CT molecular complexity index is 1190. The summed E-state index contributed by atoms with van der Waals surface area (Å²) >= 11 is 1.48. The summed E-state index contributed by atoms with van der Waals surface area (Å²) in [5.41, 5.74) is 3.47. The Kier molecular flexibility index (Phi) is 5.16. The van der Waals surface area contributed by atoms with Crippen molar-refractivity contribution in [2.45, 2.75) is 24.4 Å². The first-order chi connectivity index (χ1) is 13.6. The molecule has 28 heavy (non-hydrogen) atoms. The van der Waals surface area contributed by atoms with Gasteiger partial charge in [0.05, 0.1) is 6.54 Å². The maximum Gasteiger partial charge on any atom is 0.282 e. The third kappa shape index (κ3) is 3.80. The van der Waals surface area contributed by atoms with Gasteiger partial charge in [-0.3, -0.25) is 9.36 Å². The number of benzene rings is 2. The lowest BCUT2D eigenvalue weighted by Crippen LogP contribution is -2.25. The molecule has 0 aliphatic rings. The molecule has 0 amide bonds. The topological polar surface area (TPSA) is 60.7 Å². The summed E-state index contributed by atoms with van der Waals surface area (Å²) in [6.07, 6.45) is 3.00. The Morgan fingerprint density at radius 1 is 1.04 bits per heavy atom. The first-order valence-corrected chi connectivity index (χ1v) is 9.73. The van der Waals surface area contributed by atoms with Gasteiger partial charge in [-0.25, -0.2) is 19.3 Å². The van der Waals surface area contributed by atoms with Crippen LogP contribution in [0.1, 0.15) is 16.7 Å². The van der Waals surface area contributed by atoms with E-state index in [0.29, 0.717) is 16.6 Å². The molecular formula is C21H17FN4OS.